The Hall–Kier alpha value is -0.266. The van der Waals surface area contributed by atoms with Crippen LogP contribution in [0.5, 0.6) is 5.75 Å². The zero-order valence-corrected chi connectivity index (χ0v) is 13.7. The van der Waals surface area contributed by atoms with Gasteiger partial charge in [-0.15, -0.1) is 0 Å². The molecule has 0 saturated heterocycles. The maximum Gasteiger partial charge on any atom is 0.119 e. The Labute approximate surface area is 121 Å². The van der Waals surface area contributed by atoms with Crippen molar-refractivity contribution in [3.8, 4) is 5.75 Å². The van der Waals surface area contributed by atoms with Gasteiger partial charge in [0.05, 0.1) is 0 Å². The number of aryl methyl sites for hydroxylation is 1. The van der Waals surface area contributed by atoms with E-state index in [4.69, 9.17) is 0 Å². The van der Waals surface area contributed by atoms with Crippen LogP contribution in [-0.4, -0.2) is 5.11 Å². The second kappa shape index (κ2) is 5.16. The van der Waals surface area contributed by atoms with Crippen molar-refractivity contribution in [1.82, 2.24) is 0 Å². The Morgan fingerprint density at radius 1 is 0.824 bits per heavy atom. The van der Waals surface area contributed by atoms with E-state index in [2.05, 4.69) is 54.5 Å². The van der Waals surface area contributed by atoms with Gasteiger partial charge in [0.2, 0.25) is 0 Å². The van der Waals surface area contributed by atoms with Crippen LogP contribution in [0.25, 0.3) is 0 Å². The van der Waals surface area contributed by atoms with Gasteiger partial charge in [0.1, 0.15) is 5.75 Å². The van der Waals surface area contributed by atoms with Crippen molar-refractivity contribution in [2.75, 3.05) is 0 Å². The summed E-state index contributed by atoms with van der Waals surface area (Å²) < 4.78 is 0. The molecule has 0 saturated carbocycles. The summed E-state index contributed by atoms with van der Waals surface area (Å²) in [6.07, 6.45) is 0. The maximum absolute atomic E-state index is 10.0. The summed E-state index contributed by atoms with van der Waals surface area (Å²) in [7, 11) is 0. The largest absolute Gasteiger partial charge is 0.508 e. The van der Waals surface area contributed by atoms with E-state index in [1.807, 2.05) is 6.07 Å². The third-order valence-electron chi connectivity index (χ3n) is 2.96. The van der Waals surface area contributed by atoms with Crippen LogP contribution < -0.4 is 0 Å². The molecule has 1 rings (SSSR count). The molecule has 1 N–H and O–H groups in total. The van der Waals surface area contributed by atoms with Crippen molar-refractivity contribution < 1.29 is 26.8 Å². The van der Waals surface area contributed by atoms with Crippen molar-refractivity contribution in [2.24, 2.45) is 0 Å². The van der Waals surface area contributed by atoms with Gasteiger partial charge in [-0.2, -0.15) is 0 Å². The minimum Gasteiger partial charge on any atom is -0.508 e. The van der Waals surface area contributed by atoms with Gasteiger partial charge in [0, 0.05) is 21.7 Å². The van der Waals surface area contributed by atoms with Crippen molar-refractivity contribution >= 4 is 0 Å². The molecule has 0 heterocycles. The van der Waals surface area contributed by atoms with Gasteiger partial charge < -0.3 is 5.11 Å². The van der Waals surface area contributed by atoms with Crippen LogP contribution in [0.2, 0.25) is 0 Å². The van der Waals surface area contributed by atoms with Gasteiger partial charge in [-0.3, -0.25) is 0 Å². The zero-order chi connectivity index (χ0) is 12.7. The average molecular weight is 268 g/mol. The number of aromatic hydroxyl groups is 1. The molecule has 17 heavy (non-hydrogen) atoms. The first-order valence-electron chi connectivity index (χ1n) is 5.88. The van der Waals surface area contributed by atoms with E-state index in [0.717, 1.165) is 11.1 Å². The number of hydrogen-bond acceptors (Lipinski definition) is 1. The van der Waals surface area contributed by atoms with Crippen LogP contribution in [0.4, 0.5) is 0 Å². The van der Waals surface area contributed by atoms with Gasteiger partial charge in [0.25, 0.3) is 0 Å². The Bertz CT molecular complexity index is 359. The molecule has 1 aromatic carbocycles. The monoisotopic (exact) mass is 268 g/mol. The molecule has 0 bridgehead atoms. The minimum absolute atomic E-state index is 0. The second-order valence-electron chi connectivity index (χ2n) is 6.68. The molecule has 0 atom stereocenters. The Kier molecular flexibility index (Phi) is 5.08. The summed E-state index contributed by atoms with van der Waals surface area (Å²) >= 11 is 0. The van der Waals surface area contributed by atoms with Crippen LogP contribution >= 0.6 is 0 Å². The van der Waals surface area contributed by atoms with Crippen LogP contribution in [0, 0.1) is 6.92 Å². The molecule has 0 amide bonds. The molecule has 1 nitrogen and oxygen atoms in total. The van der Waals surface area contributed by atoms with Crippen LogP contribution in [0.3, 0.4) is 0 Å². The summed E-state index contributed by atoms with van der Waals surface area (Å²) in [5, 5.41) is 10.0. The second-order valence-corrected chi connectivity index (χ2v) is 6.68. The molecular formula is C15H24OTi. The van der Waals surface area contributed by atoms with E-state index in [-0.39, 0.29) is 32.5 Å². The fourth-order valence-corrected chi connectivity index (χ4v) is 2.10. The predicted octanol–water partition coefficient (Wildman–Crippen LogP) is 4.29. The van der Waals surface area contributed by atoms with Gasteiger partial charge in [-0.05, 0) is 40.5 Å². The third-order valence-corrected chi connectivity index (χ3v) is 2.96. The zero-order valence-electron chi connectivity index (χ0n) is 12.1. The molecule has 94 valence electrons. The van der Waals surface area contributed by atoms with E-state index >= 15 is 0 Å². The first-order chi connectivity index (χ1) is 7.03. The molecule has 0 aromatic heterocycles. The Balaban J connectivity index is 0.00000256. The molecule has 0 spiro atoms. The van der Waals surface area contributed by atoms with Gasteiger partial charge in [-0.1, -0.05) is 47.6 Å². The van der Waals surface area contributed by atoms with E-state index < -0.39 is 0 Å². The minimum atomic E-state index is -0.0161. The van der Waals surface area contributed by atoms with Crippen LogP contribution in [0.15, 0.2) is 12.1 Å². The molecule has 0 aliphatic rings. The van der Waals surface area contributed by atoms with Crippen LogP contribution in [-0.2, 0) is 32.5 Å². The summed E-state index contributed by atoms with van der Waals surface area (Å²) in [6.45, 7) is 15.1. The standard InChI is InChI=1S/C15H24O.Ti/c1-10-8-13(16)12(15(5,6)7)9-11(10)14(2,3)4;/h8-9,16H,1-7H3;. The predicted molar refractivity (Wildman–Crippen MR) is 70.2 cm³/mol. The molecule has 2 heteroatoms. The number of hydrogen-bond donors (Lipinski definition) is 1. The maximum atomic E-state index is 10.0. The molecule has 0 aliphatic carbocycles. The Morgan fingerprint density at radius 2 is 1.24 bits per heavy atom. The fourth-order valence-electron chi connectivity index (χ4n) is 2.10. The molecule has 0 unspecified atom stereocenters. The van der Waals surface area contributed by atoms with E-state index in [1.165, 1.54) is 5.56 Å². The quantitative estimate of drug-likeness (QED) is 0.696. The topological polar surface area (TPSA) is 20.2 Å². The van der Waals surface area contributed by atoms with Crippen molar-refractivity contribution in [3.05, 3.63) is 28.8 Å². The van der Waals surface area contributed by atoms with Crippen molar-refractivity contribution in [1.29, 1.82) is 0 Å². The molecule has 0 aliphatic heterocycles. The van der Waals surface area contributed by atoms with Crippen molar-refractivity contribution in [2.45, 2.75) is 59.3 Å². The summed E-state index contributed by atoms with van der Waals surface area (Å²) in [5.74, 6) is 0.415. The molecule has 0 fully saturated rings. The van der Waals surface area contributed by atoms with Gasteiger partial charge in [-0.25, -0.2) is 0 Å². The van der Waals surface area contributed by atoms with E-state index in [1.54, 1.807) is 0 Å². The fraction of sp³-hybridized carbons (Fsp3) is 0.600. The summed E-state index contributed by atoms with van der Waals surface area (Å²) in [6, 6.07) is 4.05. The normalized spacial score (nSPS) is 12.2. The number of phenolic OH excluding ortho intramolecular Hbond substituents is 1. The van der Waals surface area contributed by atoms with Gasteiger partial charge >= 0.3 is 0 Å². The number of phenols is 1. The summed E-state index contributed by atoms with van der Waals surface area (Å²) in [4.78, 5) is 0. The summed E-state index contributed by atoms with van der Waals surface area (Å²) in [5.41, 5.74) is 3.62. The van der Waals surface area contributed by atoms with Crippen molar-refractivity contribution in [3.63, 3.8) is 0 Å². The molecule has 0 radical (unpaired) electrons. The van der Waals surface area contributed by atoms with Crippen LogP contribution in [0.1, 0.15) is 58.2 Å². The third kappa shape index (κ3) is 3.86. The van der Waals surface area contributed by atoms with Gasteiger partial charge in [0.15, 0.2) is 0 Å². The Morgan fingerprint density at radius 3 is 1.59 bits per heavy atom. The SMILES string of the molecule is Cc1cc(O)c(C(C)(C)C)cc1C(C)(C)C.[Ti]. The molecule has 1 aromatic rings. The average Bonchev–Trinajstić information content (AvgIpc) is 1.97. The first kappa shape index (κ1) is 16.7. The molecular weight excluding hydrogens is 244 g/mol. The number of rotatable bonds is 0. The smallest absolute Gasteiger partial charge is 0.119 e. The number of benzene rings is 1. The van der Waals surface area contributed by atoms with E-state index in [0.29, 0.717) is 5.75 Å². The first-order valence-corrected chi connectivity index (χ1v) is 5.88. The van der Waals surface area contributed by atoms with E-state index in [9.17, 15) is 5.11 Å².